The van der Waals surface area contributed by atoms with E-state index < -0.39 is 61.2 Å². The Morgan fingerprint density at radius 1 is 0.331 bits per heavy atom. The van der Waals surface area contributed by atoms with Crippen molar-refractivity contribution in [2.45, 2.75) is 97.1 Å². The summed E-state index contributed by atoms with van der Waals surface area (Å²) in [6, 6.07) is 74.9. The molecule has 0 aliphatic carbocycles. The quantitative estimate of drug-likeness (QED) is 0.0280. The van der Waals surface area contributed by atoms with Gasteiger partial charge in [0.2, 0.25) is 0 Å². The number of aromatic nitrogens is 9. The molecule has 0 spiro atoms. The molecule has 5 aromatic heterocycles. The molecular weight excluding hydrogens is 2320 g/mol. The number of rotatable bonds is 17. The van der Waals surface area contributed by atoms with E-state index in [0.717, 1.165) is 103 Å². The van der Waals surface area contributed by atoms with Gasteiger partial charge in [-0.05, 0) is 104 Å². The number of hydrogen-bond acceptors (Lipinski definition) is 21. The fraction of sp³-hybridized carbons (Fsp3) is 0.239. The summed E-state index contributed by atoms with van der Waals surface area (Å²) < 4.78 is 115. The van der Waals surface area contributed by atoms with Crippen LogP contribution in [0.15, 0.2) is 219 Å². The normalized spacial score (nSPS) is 12.1. The minimum Gasteiger partial charge on any atom is -0.368 e. The number of aryl methyl sites for hydroxylation is 4. The van der Waals surface area contributed by atoms with E-state index in [4.69, 9.17) is 42.2 Å². The predicted molar refractivity (Wildman–Crippen MR) is 430 cm³/mol. The van der Waals surface area contributed by atoms with Gasteiger partial charge in [0.15, 0.2) is 37.7 Å². The van der Waals surface area contributed by atoms with E-state index >= 15 is 0 Å². The molecule has 6 atom stereocenters. The topological polar surface area (TPSA) is 293 Å². The molecule has 14 aromatic rings. The summed E-state index contributed by atoms with van der Waals surface area (Å²) in [7, 11) is 8.13. The molecule has 6 unspecified atom stereocenters. The first-order valence-electron chi connectivity index (χ1n) is 35.6. The number of aliphatic hydroxyl groups excluding tert-OH is 6. The number of nitrogens with zero attached hydrogens (tertiary/aromatic N) is 9. The van der Waals surface area contributed by atoms with Crippen molar-refractivity contribution in [1.82, 2.24) is 44.9 Å². The molecule has 1 radical (unpaired) electrons. The van der Waals surface area contributed by atoms with Gasteiger partial charge in [0.1, 0.15) is 0 Å². The molecule has 33 heteroatoms. The van der Waals surface area contributed by atoms with Crippen LogP contribution in [0.1, 0.15) is 53.2 Å². The van der Waals surface area contributed by atoms with Crippen molar-refractivity contribution >= 4 is 55.7 Å². The van der Waals surface area contributed by atoms with Crippen molar-refractivity contribution in [1.29, 1.82) is 0 Å². The minimum atomic E-state index is -4.36. The molecule has 0 saturated heterocycles. The number of para-hydroxylation sites is 8. The molecule has 0 saturated carbocycles. The third-order valence-corrected chi connectivity index (χ3v) is 16.6. The number of methoxy groups -OCH3 is 6. The molecule has 0 aliphatic heterocycles. The van der Waals surface area contributed by atoms with Crippen molar-refractivity contribution in [2.24, 2.45) is 0 Å². The smallest absolute Gasteiger partial charge is 0.368 e. The van der Waals surface area contributed by atoms with Crippen molar-refractivity contribution in [3.8, 4) is 56.3 Å². The number of pyridine rings is 1. The van der Waals surface area contributed by atoms with Gasteiger partial charge in [-0.3, -0.25) is 44.3 Å². The molecule has 653 valence electrons. The van der Waals surface area contributed by atoms with Crippen LogP contribution in [-0.4, -0.2) is 156 Å². The van der Waals surface area contributed by atoms with E-state index in [9.17, 15) is 30.7 Å². The zero-order chi connectivity index (χ0) is 85.2. The SMILES string of the molecule is COC(O)CC(O)OC.COC(O)CC(O)OC.COC(O)CC(O)OC.Cc1nc2ccccc2nc1-c1[c-]cc(C(F)(F)F)cc1.Cc1nc2ccccc2nc1-c1[c-]cc(C(F)(F)F)cc1.Cc1nc2ccccc2nc1-c1[c-]cc(Cl)cc1.Cc1nc2ccccc2nc1-c1[c-]cc(F)cc1.[Ir].[Pt].[Pt].[Pt].[c-]1ccccc1-c1ccccn1. The van der Waals surface area contributed by atoms with E-state index in [2.05, 4.69) is 104 Å². The monoisotopic (exact) mass is 2400 g/mol. The Kier molecular flexibility index (Phi) is 47.8. The van der Waals surface area contributed by atoms with E-state index in [-0.39, 0.29) is 108 Å². The van der Waals surface area contributed by atoms with E-state index in [1.807, 2.05) is 166 Å². The second-order valence-corrected chi connectivity index (χ2v) is 25.2. The fourth-order valence-corrected chi connectivity index (χ4v) is 10.3. The van der Waals surface area contributed by atoms with Crippen LogP contribution >= 0.6 is 11.6 Å². The van der Waals surface area contributed by atoms with Gasteiger partial charge in [0.05, 0.1) is 44.1 Å². The maximum Gasteiger partial charge on any atom is 0.381 e. The molecule has 14 rings (SSSR count). The number of hydrogen-bond donors (Lipinski definition) is 6. The predicted octanol–water partition coefficient (Wildman–Crippen LogP) is 16.9. The molecule has 5 heterocycles. The average molecular weight is 2410 g/mol. The van der Waals surface area contributed by atoms with Gasteiger partial charge in [0.25, 0.3) is 0 Å². The van der Waals surface area contributed by atoms with Crippen LogP contribution in [0.5, 0.6) is 0 Å². The molecular formula is C88H84ClF7IrN9O12Pt3-5. The first-order valence-corrected chi connectivity index (χ1v) is 35.9. The zero-order valence-corrected chi connectivity index (χ0v) is 76.3. The third kappa shape index (κ3) is 35.0. The van der Waals surface area contributed by atoms with Crippen LogP contribution < -0.4 is 0 Å². The van der Waals surface area contributed by atoms with Crippen LogP contribution in [0.3, 0.4) is 0 Å². The largest absolute Gasteiger partial charge is 0.381 e. The summed E-state index contributed by atoms with van der Waals surface area (Å²) in [4.78, 5) is 40.2. The second-order valence-electron chi connectivity index (χ2n) is 24.7. The van der Waals surface area contributed by atoms with Gasteiger partial charge in [0, 0.05) is 203 Å². The zero-order valence-electron chi connectivity index (χ0n) is 66.3. The Hall–Kier alpha value is -8.48. The standard InChI is InChI=1S/2C16H10F3N2.C15H10ClN2.C15H10FN2.C11H8N.3C5H12O4.Ir.3Pt/c2*1-10-15(21-14-5-3-2-4-13(14)20-10)11-6-8-12(9-7-11)16(17,18)19;2*1-10-15(11-6-8-12(16)9-7-11)18-14-5-3-2-4-13(14)17-10;1-2-6-10(7-3-1)11-8-4-5-9-12-11;3*1-8-4(6)3-5(7)9-2;;;;/h2*2-6,8-9H,1H3;2*2-6,8-9H,1H3;1-6,8-9H;3*4-7H,3H2,1-2H3;;;;/q5*-1;;;;;;;. The maximum atomic E-state index is 12.9. The van der Waals surface area contributed by atoms with Crippen LogP contribution in [-0.2, 0) is 124 Å². The van der Waals surface area contributed by atoms with Crippen LogP contribution in [0.4, 0.5) is 30.7 Å². The van der Waals surface area contributed by atoms with E-state index in [0.29, 0.717) is 50.0 Å². The Labute approximate surface area is 757 Å². The Balaban J connectivity index is 0.000000363. The Morgan fingerprint density at radius 2 is 0.603 bits per heavy atom. The second kappa shape index (κ2) is 54.2. The van der Waals surface area contributed by atoms with Gasteiger partial charge in [-0.25, -0.2) is 0 Å². The summed E-state index contributed by atoms with van der Waals surface area (Å²) in [5.41, 5.74) is 15.3. The summed E-state index contributed by atoms with van der Waals surface area (Å²) in [6.45, 7) is 7.41. The third-order valence-electron chi connectivity index (χ3n) is 16.3. The molecule has 9 aromatic carbocycles. The van der Waals surface area contributed by atoms with Gasteiger partial charge in [-0.1, -0.05) is 60.7 Å². The molecule has 121 heavy (non-hydrogen) atoms. The van der Waals surface area contributed by atoms with Crippen molar-refractivity contribution < 1.29 is 173 Å². The number of ether oxygens (including phenoxy) is 6. The van der Waals surface area contributed by atoms with Gasteiger partial charge < -0.3 is 64.0 Å². The number of aliphatic hydroxyl groups is 6. The van der Waals surface area contributed by atoms with Gasteiger partial charge >= 0.3 is 12.4 Å². The van der Waals surface area contributed by atoms with Crippen LogP contribution in [0, 0.1) is 63.8 Å². The van der Waals surface area contributed by atoms with Crippen molar-refractivity contribution in [3.63, 3.8) is 0 Å². The molecule has 6 N–H and O–H groups in total. The summed E-state index contributed by atoms with van der Waals surface area (Å²) in [5, 5.41) is 52.9. The minimum absolute atomic E-state index is 0. The van der Waals surface area contributed by atoms with Crippen LogP contribution in [0.25, 0.3) is 100 Å². The first-order chi connectivity index (χ1) is 55.9. The Morgan fingerprint density at radius 3 is 0.835 bits per heavy atom. The van der Waals surface area contributed by atoms with Gasteiger partial charge in [-0.2, -0.15) is 26.3 Å². The number of alkyl halides is 6. The molecule has 0 amide bonds. The Bertz CT molecular complexity index is 4980. The first kappa shape index (κ1) is 107. The number of fused-ring (bicyclic) bond motifs is 4. The fourth-order valence-electron chi connectivity index (χ4n) is 10.1. The average Bonchev–Trinajstić information content (AvgIpc) is 0.806. The summed E-state index contributed by atoms with van der Waals surface area (Å²) >= 11 is 5.87. The van der Waals surface area contributed by atoms with Crippen molar-refractivity contribution in [2.75, 3.05) is 42.7 Å². The number of benzene rings is 9. The molecule has 21 nitrogen and oxygen atoms in total. The van der Waals surface area contributed by atoms with E-state index in [1.54, 1.807) is 32.2 Å². The molecule has 0 bridgehead atoms. The van der Waals surface area contributed by atoms with Crippen LogP contribution in [0.2, 0.25) is 5.02 Å². The molecule has 0 aliphatic rings. The summed E-state index contributed by atoms with van der Waals surface area (Å²) in [5.74, 6) is -0.301. The molecule has 0 fully saturated rings. The van der Waals surface area contributed by atoms with Crippen molar-refractivity contribution in [3.05, 3.63) is 294 Å². The number of halogens is 8. The van der Waals surface area contributed by atoms with E-state index in [1.165, 1.54) is 66.9 Å². The summed E-state index contributed by atoms with van der Waals surface area (Å²) in [6.07, 6.45) is -12.4. The maximum absolute atomic E-state index is 12.9. The van der Waals surface area contributed by atoms with Gasteiger partial charge in [-0.15, -0.1) is 167 Å².